The van der Waals surface area contributed by atoms with E-state index in [1.165, 1.54) is 25.7 Å². The van der Waals surface area contributed by atoms with Crippen molar-refractivity contribution in [1.29, 1.82) is 0 Å². The first-order valence-corrected chi connectivity index (χ1v) is 6.74. The summed E-state index contributed by atoms with van der Waals surface area (Å²) < 4.78 is 0. The van der Waals surface area contributed by atoms with Crippen molar-refractivity contribution >= 4 is 0 Å². The second-order valence-corrected chi connectivity index (χ2v) is 7.31. The molecule has 0 aromatic rings. The smallest absolute Gasteiger partial charge is 0.0195 e. The Labute approximate surface area is 102 Å². The van der Waals surface area contributed by atoms with Crippen LogP contribution in [0, 0.1) is 29.1 Å². The molecule has 92 valence electrons. The minimum atomic E-state index is 0. The average molecular weight is 220 g/mol. The standard InChI is InChI=1S/C15H24.CH4/c1-15(2,3)9-14-12-5-10-4-11(7-12)8-13(14)6-10;/h9-13H,4-8H2,1-3H3;1H4. The highest BCUT2D eigenvalue weighted by molar-refractivity contribution is 5.22. The van der Waals surface area contributed by atoms with E-state index in [9.17, 15) is 0 Å². The summed E-state index contributed by atoms with van der Waals surface area (Å²) in [5.41, 5.74) is 2.25. The Morgan fingerprint density at radius 2 is 1.31 bits per heavy atom. The van der Waals surface area contributed by atoms with Crippen molar-refractivity contribution in [3.05, 3.63) is 11.6 Å². The Morgan fingerprint density at radius 3 is 1.69 bits per heavy atom. The topological polar surface area (TPSA) is 0 Å². The van der Waals surface area contributed by atoms with Gasteiger partial charge in [-0.1, -0.05) is 39.8 Å². The van der Waals surface area contributed by atoms with Crippen molar-refractivity contribution in [2.45, 2.75) is 60.3 Å². The van der Waals surface area contributed by atoms with E-state index in [-0.39, 0.29) is 7.43 Å². The molecule has 0 amide bonds. The predicted molar refractivity (Wildman–Crippen MR) is 71.3 cm³/mol. The van der Waals surface area contributed by atoms with E-state index in [0.717, 1.165) is 23.7 Å². The third-order valence-electron chi connectivity index (χ3n) is 4.68. The Balaban J connectivity index is 0.000000963. The minimum absolute atomic E-state index is 0. The second-order valence-electron chi connectivity index (χ2n) is 7.31. The highest BCUT2D eigenvalue weighted by Crippen LogP contribution is 2.56. The Bertz CT molecular complexity index is 260. The number of allylic oxidation sites excluding steroid dienone is 2. The van der Waals surface area contributed by atoms with Gasteiger partial charge in [-0.05, 0) is 61.2 Å². The van der Waals surface area contributed by atoms with Crippen LogP contribution in [0.15, 0.2) is 11.6 Å². The Morgan fingerprint density at radius 1 is 0.875 bits per heavy atom. The van der Waals surface area contributed by atoms with E-state index in [1.807, 2.05) is 5.57 Å². The molecule has 4 aliphatic rings. The van der Waals surface area contributed by atoms with Gasteiger partial charge in [0.2, 0.25) is 0 Å². The van der Waals surface area contributed by atoms with Crippen molar-refractivity contribution in [1.82, 2.24) is 0 Å². The third-order valence-corrected chi connectivity index (χ3v) is 4.68. The fourth-order valence-corrected chi connectivity index (χ4v) is 4.46. The van der Waals surface area contributed by atoms with E-state index < -0.39 is 0 Å². The molecule has 0 unspecified atom stereocenters. The van der Waals surface area contributed by atoms with Gasteiger partial charge >= 0.3 is 0 Å². The maximum Gasteiger partial charge on any atom is -0.0195 e. The van der Waals surface area contributed by atoms with Gasteiger partial charge in [-0.15, -0.1) is 0 Å². The maximum absolute atomic E-state index is 2.61. The summed E-state index contributed by atoms with van der Waals surface area (Å²) in [6, 6.07) is 0. The van der Waals surface area contributed by atoms with Crippen LogP contribution < -0.4 is 0 Å². The van der Waals surface area contributed by atoms with Crippen LogP contribution in [-0.2, 0) is 0 Å². The van der Waals surface area contributed by atoms with Gasteiger partial charge in [0.25, 0.3) is 0 Å². The first kappa shape index (κ1) is 12.2. The van der Waals surface area contributed by atoms with Gasteiger partial charge < -0.3 is 0 Å². The molecular weight excluding hydrogens is 192 g/mol. The van der Waals surface area contributed by atoms with Crippen molar-refractivity contribution in [2.75, 3.05) is 0 Å². The molecule has 4 rings (SSSR count). The monoisotopic (exact) mass is 220 g/mol. The highest BCUT2D eigenvalue weighted by atomic mass is 14.5. The van der Waals surface area contributed by atoms with Crippen LogP contribution in [0.1, 0.15) is 60.3 Å². The summed E-state index contributed by atoms with van der Waals surface area (Å²) in [7, 11) is 0. The lowest BCUT2D eigenvalue weighted by molar-refractivity contribution is 0.0682. The zero-order valence-electron chi connectivity index (χ0n) is 10.4. The number of rotatable bonds is 0. The molecule has 0 radical (unpaired) electrons. The van der Waals surface area contributed by atoms with Crippen molar-refractivity contribution in [3.63, 3.8) is 0 Å². The molecule has 0 heterocycles. The fourth-order valence-electron chi connectivity index (χ4n) is 4.46. The van der Waals surface area contributed by atoms with E-state index in [4.69, 9.17) is 0 Å². The van der Waals surface area contributed by atoms with Crippen LogP contribution >= 0.6 is 0 Å². The van der Waals surface area contributed by atoms with Crippen LogP contribution in [0.4, 0.5) is 0 Å². The first-order valence-electron chi connectivity index (χ1n) is 6.74. The van der Waals surface area contributed by atoms with Gasteiger partial charge in [-0.2, -0.15) is 0 Å². The first-order chi connectivity index (χ1) is 7.01. The molecule has 4 fully saturated rings. The van der Waals surface area contributed by atoms with Gasteiger partial charge in [-0.3, -0.25) is 0 Å². The third kappa shape index (κ3) is 2.08. The van der Waals surface area contributed by atoms with Gasteiger partial charge in [0.15, 0.2) is 0 Å². The lowest BCUT2D eigenvalue weighted by Crippen LogP contribution is -2.40. The van der Waals surface area contributed by atoms with E-state index >= 15 is 0 Å². The minimum Gasteiger partial charge on any atom is -0.0794 e. The SMILES string of the molecule is C.CC(C)(C)C=C1C2CC3CC(C2)CC1C3. The van der Waals surface area contributed by atoms with Gasteiger partial charge in [-0.25, -0.2) is 0 Å². The molecule has 0 aromatic carbocycles. The molecule has 16 heavy (non-hydrogen) atoms. The largest absolute Gasteiger partial charge is 0.0794 e. The van der Waals surface area contributed by atoms with E-state index in [2.05, 4.69) is 26.8 Å². The van der Waals surface area contributed by atoms with Gasteiger partial charge in [0, 0.05) is 0 Å². The van der Waals surface area contributed by atoms with Crippen LogP contribution in [0.3, 0.4) is 0 Å². The molecule has 0 aromatic heterocycles. The molecular formula is C16H28. The quantitative estimate of drug-likeness (QED) is 0.501. The summed E-state index contributed by atoms with van der Waals surface area (Å²) in [5.74, 6) is 4.18. The Hall–Kier alpha value is -0.260. The summed E-state index contributed by atoms with van der Waals surface area (Å²) in [4.78, 5) is 0. The molecule has 4 saturated carbocycles. The summed E-state index contributed by atoms with van der Waals surface area (Å²) >= 11 is 0. The molecule has 0 saturated heterocycles. The zero-order chi connectivity index (χ0) is 10.6. The predicted octanol–water partition coefficient (Wildman–Crippen LogP) is 5.05. The molecule has 4 bridgehead atoms. The lowest BCUT2D eigenvalue weighted by Gasteiger charge is -2.52. The fraction of sp³-hybridized carbons (Fsp3) is 0.875. The second kappa shape index (κ2) is 3.89. The summed E-state index contributed by atoms with van der Waals surface area (Å²) in [6.45, 7) is 7.06. The van der Waals surface area contributed by atoms with Crippen LogP contribution in [0.5, 0.6) is 0 Å². The highest BCUT2D eigenvalue weighted by Gasteiger charge is 2.45. The molecule has 0 spiro atoms. The Kier molecular flexibility index (Phi) is 2.97. The van der Waals surface area contributed by atoms with Crippen molar-refractivity contribution in [2.24, 2.45) is 29.1 Å². The van der Waals surface area contributed by atoms with Gasteiger partial charge in [0.05, 0.1) is 0 Å². The van der Waals surface area contributed by atoms with Gasteiger partial charge in [0.1, 0.15) is 0 Å². The molecule has 0 aliphatic heterocycles. The molecule has 4 aliphatic carbocycles. The van der Waals surface area contributed by atoms with E-state index in [0.29, 0.717) is 5.41 Å². The van der Waals surface area contributed by atoms with Crippen molar-refractivity contribution < 1.29 is 0 Å². The molecule has 0 heteroatoms. The van der Waals surface area contributed by atoms with Crippen LogP contribution in [-0.4, -0.2) is 0 Å². The zero-order valence-corrected chi connectivity index (χ0v) is 10.4. The summed E-state index contributed by atoms with van der Waals surface area (Å²) in [6.07, 6.45) is 10.3. The van der Waals surface area contributed by atoms with Crippen molar-refractivity contribution in [3.8, 4) is 0 Å². The van der Waals surface area contributed by atoms with E-state index in [1.54, 1.807) is 6.42 Å². The summed E-state index contributed by atoms with van der Waals surface area (Å²) in [5, 5.41) is 0. The number of hydrogen-bond donors (Lipinski definition) is 0. The number of hydrogen-bond acceptors (Lipinski definition) is 0. The van der Waals surface area contributed by atoms with Crippen LogP contribution in [0.25, 0.3) is 0 Å². The normalized spacial score (nSPS) is 40.8. The molecule has 0 N–H and O–H groups in total. The maximum atomic E-state index is 2.61. The van der Waals surface area contributed by atoms with Crippen LogP contribution in [0.2, 0.25) is 0 Å². The average Bonchev–Trinajstić information content (AvgIpc) is 2.08. The molecule has 0 atom stereocenters. The lowest BCUT2D eigenvalue weighted by atomic mass is 9.53. The molecule has 0 nitrogen and oxygen atoms in total.